The summed E-state index contributed by atoms with van der Waals surface area (Å²) in [6, 6.07) is 5.46. The van der Waals surface area contributed by atoms with Gasteiger partial charge in [0.2, 0.25) is 0 Å². The molecule has 1 N–H and O–H groups in total. The summed E-state index contributed by atoms with van der Waals surface area (Å²) in [4.78, 5) is 14.8. The fourth-order valence-corrected chi connectivity index (χ4v) is 1.63. The second-order valence-corrected chi connectivity index (χ2v) is 3.89. The monoisotopic (exact) mass is 242 g/mol. The number of pyridine rings is 1. The van der Waals surface area contributed by atoms with E-state index in [0.29, 0.717) is 6.54 Å². The molecule has 4 nitrogen and oxygen atoms in total. The topological polar surface area (TPSA) is 51.2 Å². The Balaban J connectivity index is 1.76. The van der Waals surface area contributed by atoms with Gasteiger partial charge in [0.15, 0.2) is 0 Å². The third-order valence-corrected chi connectivity index (χ3v) is 2.46. The van der Waals surface area contributed by atoms with Crippen LogP contribution in [0.25, 0.3) is 0 Å². The van der Waals surface area contributed by atoms with Gasteiger partial charge in [-0.15, -0.1) is 0 Å². The van der Waals surface area contributed by atoms with Crippen molar-refractivity contribution in [2.75, 3.05) is 6.54 Å². The van der Waals surface area contributed by atoms with Crippen molar-refractivity contribution in [1.29, 1.82) is 0 Å². The molecule has 0 aliphatic carbocycles. The quantitative estimate of drug-likeness (QED) is 0.804. The zero-order valence-corrected chi connectivity index (χ0v) is 9.03. The molecule has 0 spiro atoms. The maximum atomic E-state index is 12.8. The number of cyclic esters (lactones) is 1. The number of carbonyl (C=O) groups is 1. The van der Waals surface area contributed by atoms with Gasteiger partial charge in [0.25, 0.3) is 0 Å². The first kappa shape index (κ1) is 11.9. The molecule has 0 saturated carbocycles. The first-order valence-electron chi connectivity index (χ1n) is 5.27. The average molecular weight is 242 g/mol. The molecule has 2 heterocycles. The highest BCUT2D eigenvalue weighted by atomic mass is 19.3. The van der Waals surface area contributed by atoms with Crippen LogP contribution in [-0.4, -0.2) is 29.5 Å². The van der Waals surface area contributed by atoms with Crippen molar-refractivity contribution in [1.82, 2.24) is 10.3 Å². The number of hydrogen-bond acceptors (Lipinski definition) is 4. The number of alkyl halides is 2. The van der Waals surface area contributed by atoms with E-state index in [1.54, 1.807) is 12.3 Å². The van der Waals surface area contributed by atoms with Gasteiger partial charge in [0.05, 0.1) is 12.1 Å². The molecule has 0 bridgehead atoms. The molecule has 17 heavy (non-hydrogen) atoms. The molecule has 6 heteroatoms. The van der Waals surface area contributed by atoms with Crippen molar-refractivity contribution in [3.05, 3.63) is 30.1 Å². The molecule has 1 saturated heterocycles. The Hall–Kier alpha value is -1.56. The second kappa shape index (κ2) is 4.75. The molecule has 1 aliphatic rings. The smallest absolute Gasteiger partial charge is 0.377 e. The van der Waals surface area contributed by atoms with E-state index in [9.17, 15) is 13.6 Å². The summed E-state index contributed by atoms with van der Waals surface area (Å²) in [5.41, 5.74) is 0.809. The first-order valence-corrected chi connectivity index (χ1v) is 5.27. The maximum absolute atomic E-state index is 12.8. The molecule has 1 aromatic heterocycles. The Morgan fingerprint density at radius 2 is 2.35 bits per heavy atom. The minimum atomic E-state index is -3.34. The number of hydrogen-bond donors (Lipinski definition) is 1. The predicted octanol–water partition coefficient (Wildman–Crippen LogP) is 1.12. The van der Waals surface area contributed by atoms with Crippen molar-refractivity contribution in [3.8, 4) is 0 Å². The van der Waals surface area contributed by atoms with E-state index in [1.165, 1.54) is 0 Å². The minimum Gasteiger partial charge on any atom is -0.456 e. The highest BCUT2D eigenvalue weighted by Gasteiger charge is 2.50. The van der Waals surface area contributed by atoms with Gasteiger partial charge in [-0.25, -0.2) is 4.79 Å². The molecular weight excluding hydrogens is 230 g/mol. The number of esters is 1. The van der Waals surface area contributed by atoms with Crippen molar-refractivity contribution in [3.63, 3.8) is 0 Å². The summed E-state index contributed by atoms with van der Waals surface area (Å²) >= 11 is 0. The Labute approximate surface area is 97.0 Å². The third kappa shape index (κ3) is 2.97. The lowest BCUT2D eigenvalue weighted by atomic mass is 10.2. The van der Waals surface area contributed by atoms with E-state index >= 15 is 0 Å². The Morgan fingerprint density at radius 1 is 1.53 bits per heavy atom. The van der Waals surface area contributed by atoms with Crippen LogP contribution in [0, 0.1) is 0 Å². The average Bonchev–Trinajstić information content (AvgIpc) is 2.54. The number of rotatable bonds is 4. The van der Waals surface area contributed by atoms with Crippen LogP contribution >= 0.6 is 0 Å². The fraction of sp³-hybridized carbons (Fsp3) is 0.455. The molecule has 1 atom stereocenters. The van der Waals surface area contributed by atoms with Crippen LogP contribution in [0.5, 0.6) is 0 Å². The Bertz CT molecular complexity index is 398. The number of nitrogens with one attached hydrogen (secondary N) is 1. The number of aromatic nitrogens is 1. The van der Waals surface area contributed by atoms with E-state index in [4.69, 9.17) is 0 Å². The Morgan fingerprint density at radius 3 is 2.94 bits per heavy atom. The second-order valence-electron chi connectivity index (χ2n) is 3.89. The van der Waals surface area contributed by atoms with Gasteiger partial charge in [-0.1, -0.05) is 6.07 Å². The van der Waals surface area contributed by atoms with E-state index < -0.39 is 24.4 Å². The van der Waals surface area contributed by atoms with Crippen LogP contribution in [0.2, 0.25) is 0 Å². The number of halogens is 2. The van der Waals surface area contributed by atoms with Crippen LogP contribution in [0.15, 0.2) is 24.4 Å². The normalized spacial score (nSPS) is 22.5. The third-order valence-electron chi connectivity index (χ3n) is 2.46. The summed E-state index contributed by atoms with van der Waals surface area (Å²) in [6.07, 6.45) is 0.336. The molecule has 92 valence electrons. The first-order chi connectivity index (χ1) is 8.08. The molecule has 1 fully saturated rings. The molecule has 1 aromatic rings. The highest BCUT2D eigenvalue weighted by molar-refractivity contribution is 5.79. The van der Waals surface area contributed by atoms with Crippen molar-refractivity contribution >= 4 is 5.97 Å². The molecule has 1 aliphatic heterocycles. The maximum Gasteiger partial charge on any atom is 0.377 e. The summed E-state index contributed by atoms with van der Waals surface area (Å²) in [6.45, 7) is 0.665. The van der Waals surface area contributed by atoms with Gasteiger partial charge >= 0.3 is 11.9 Å². The minimum absolute atomic E-state index is 0.206. The number of nitrogens with zero attached hydrogens (tertiary/aromatic N) is 1. The lowest BCUT2D eigenvalue weighted by Crippen LogP contribution is -2.27. The van der Waals surface area contributed by atoms with Crippen LogP contribution < -0.4 is 5.32 Å². The number of ether oxygens (including phenoxy) is 1. The SMILES string of the molecule is O=C1OC(CNCc2ccccn2)CC1(F)F. The van der Waals surface area contributed by atoms with Crippen LogP contribution in [0.1, 0.15) is 12.1 Å². The van der Waals surface area contributed by atoms with Crippen molar-refractivity contribution in [2.45, 2.75) is 25.0 Å². The van der Waals surface area contributed by atoms with E-state index in [2.05, 4.69) is 15.0 Å². The molecule has 0 radical (unpaired) electrons. The van der Waals surface area contributed by atoms with Gasteiger partial charge in [0.1, 0.15) is 6.10 Å². The van der Waals surface area contributed by atoms with Crippen molar-refractivity contribution in [2.24, 2.45) is 0 Å². The largest absolute Gasteiger partial charge is 0.456 e. The summed E-state index contributed by atoms with van der Waals surface area (Å²) in [7, 11) is 0. The van der Waals surface area contributed by atoms with Crippen LogP contribution in [-0.2, 0) is 16.1 Å². The summed E-state index contributed by atoms with van der Waals surface area (Å²) < 4.78 is 30.2. The highest BCUT2D eigenvalue weighted by Crippen LogP contribution is 2.30. The molecule has 0 amide bonds. The standard InChI is InChI=1S/C11H12F2N2O2/c12-11(13)5-9(17-10(11)16)7-14-6-8-3-1-2-4-15-8/h1-4,9,14H,5-7H2. The van der Waals surface area contributed by atoms with Gasteiger partial charge in [-0.3, -0.25) is 4.98 Å². The lowest BCUT2D eigenvalue weighted by molar-refractivity contribution is -0.159. The van der Waals surface area contributed by atoms with Gasteiger partial charge < -0.3 is 10.1 Å². The molecule has 0 aromatic carbocycles. The van der Waals surface area contributed by atoms with E-state index in [1.807, 2.05) is 12.1 Å². The summed E-state index contributed by atoms with van der Waals surface area (Å²) in [5, 5.41) is 2.93. The molecular formula is C11H12F2N2O2. The number of carbonyl (C=O) groups excluding carboxylic acids is 1. The zero-order chi connectivity index (χ0) is 12.3. The fourth-order valence-electron chi connectivity index (χ4n) is 1.63. The van der Waals surface area contributed by atoms with Crippen molar-refractivity contribution < 1.29 is 18.3 Å². The lowest BCUT2D eigenvalue weighted by Gasteiger charge is -2.09. The van der Waals surface area contributed by atoms with E-state index in [-0.39, 0.29) is 6.54 Å². The van der Waals surface area contributed by atoms with Gasteiger partial charge in [-0.2, -0.15) is 8.78 Å². The summed E-state index contributed by atoms with van der Waals surface area (Å²) in [5.74, 6) is -4.76. The Kier molecular flexibility index (Phi) is 3.33. The van der Waals surface area contributed by atoms with Crippen LogP contribution in [0.3, 0.4) is 0 Å². The molecule has 1 unspecified atom stereocenters. The van der Waals surface area contributed by atoms with Crippen LogP contribution in [0.4, 0.5) is 8.78 Å². The predicted molar refractivity (Wildman–Crippen MR) is 55.4 cm³/mol. The zero-order valence-electron chi connectivity index (χ0n) is 9.03. The molecule has 2 rings (SSSR count). The van der Waals surface area contributed by atoms with Gasteiger partial charge in [-0.05, 0) is 12.1 Å². The van der Waals surface area contributed by atoms with Gasteiger partial charge in [0, 0.05) is 19.3 Å². The van der Waals surface area contributed by atoms with E-state index in [0.717, 1.165) is 5.69 Å².